The summed E-state index contributed by atoms with van der Waals surface area (Å²) in [6.45, 7) is 1.20. The molecule has 0 spiro atoms. The Morgan fingerprint density at radius 2 is 2.40 bits per heavy atom. The number of rotatable bonds is 5. The fourth-order valence-electron chi connectivity index (χ4n) is 3.00. The summed E-state index contributed by atoms with van der Waals surface area (Å²) in [6, 6.07) is 7.65. The molecule has 1 aliphatic heterocycles. The van der Waals surface area contributed by atoms with Crippen molar-refractivity contribution < 1.29 is 9.53 Å². The van der Waals surface area contributed by atoms with Crippen molar-refractivity contribution >= 4 is 22.4 Å². The maximum absolute atomic E-state index is 12.7. The normalized spacial score (nSPS) is 16.7. The van der Waals surface area contributed by atoms with Crippen LogP contribution in [0.15, 0.2) is 29.6 Å². The van der Waals surface area contributed by atoms with Crippen molar-refractivity contribution in [1.29, 1.82) is 5.26 Å². The average Bonchev–Trinajstić information content (AvgIpc) is 3.30. The first kappa shape index (κ1) is 17.4. The zero-order valence-electron chi connectivity index (χ0n) is 14.3. The van der Waals surface area contributed by atoms with E-state index in [9.17, 15) is 4.79 Å². The van der Waals surface area contributed by atoms with Gasteiger partial charge in [0.2, 0.25) is 0 Å². The third kappa shape index (κ3) is 3.65. The molecule has 3 rings (SSSR count). The van der Waals surface area contributed by atoms with Gasteiger partial charge in [-0.25, -0.2) is 4.98 Å². The van der Waals surface area contributed by atoms with Gasteiger partial charge in [-0.3, -0.25) is 14.6 Å². The second-order valence-electron chi connectivity index (χ2n) is 6.00. The molecule has 25 heavy (non-hydrogen) atoms. The number of amides is 1. The Bertz CT molecular complexity index is 798. The van der Waals surface area contributed by atoms with Crippen LogP contribution < -0.4 is 4.90 Å². The lowest BCUT2D eigenvalue weighted by atomic mass is 10.1. The van der Waals surface area contributed by atoms with E-state index in [0.717, 1.165) is 23.2 Å². The van der Waals surface area contributed by atoms with Gasteiger partial charge in [0.25, 0.3) is 5.91 Å². The maximum atomic E-state index is 12.7. The topological polar surface area (TPSA) is 69.5 Å². The van der Waals surface area contributed by atoms with Gasteiger partial charge in [0.05, 0.1) is 12.3 Å². The minimum absolute atomic E-state index is 0.0758. The maximum Gasteiger partial charge on any atom is 0.251 e. The van der Waals surface area contributed by atoms with Gasteiger partial charge in [-0.15, -0.1) is 11.3 Å². The Morgan fingerprint density at radius 1 is 1.56 bits per heavy atom. The highest BCUT2D eigenvalue weighted by atomic mass is 32.1. The van der Waals surface area contributed by atoms with Gasteiger partial charge in [-0.2, -0.15) is 5.26 Å². The molecule has 1 aliphatic rings. The summed E-state index contributed by atoms with van der Waals surface area (Å²) < 4.78 is 5.17. The molecule has 1 aromatic carbocycles. The summed E-state index contributed by atoms with van der Waals surface area (Å²) in [5, 5.41) is 11.7. The van der Waals surface area contributed by atoms with E-state index in [1.807, 2.05) is 29.6 Å². The molecule has 130 valence electrons. The molecule has 2 heterocycles. The van der Waals surface area contributed by atoms with Crippen LogP contribution in [0.3, 0.4) is 0 Å². The molecule has 0 aliphatic carbocycles. The molecule has 1 aromatic heterocycles. The summed E-state index contributed by atoms with van der Waals surface area (Å²) in [7, 11) is 3.39. The van der Waals surface area contributed by atoms with E-state index in [4.69, 9.17) is 10.00 Å². The Kier molecular flexibility index (Phi) is 5.31. The third-order valence-corrected chi connectivity index (χ3v) is 5.23. The van der Waals surface area contributed by atoms with Gasteiger partial charge in [0.15, 0.2) is 11.3 Å². The van der Waals surface area contributed by atoms with Crippen molar-refractivity contribution in [3.8, 4) is 17.5 Å². The molecule has 7 heteroatoms. The third-order valence-electron chi connectivity index (χ3n) is 4.31. The van der Waals surface area contributed by atoms with Crippen molar-refractivity contribution in [2.45, 2.75) is 25.5 Å². The number of carbonyl (C=O) groups excluding carboxylic acids is 1. The first-order valence-corrected chi connectivity index (χ1v) is 8.99. The number of methoxy groups -OCH3 is 1. The van der Waals surface area contributed by atoms with E-state index in [-0.39, 0.29) is 11.9 Å². The van der Waals surface area contributed by atoms with Crippen LogP contribution in [0.2, 0.25) is 0 Å². The molecule has 1 atom stereocenters. The number of benzene rings is 1. The number of hydrogen-bond donors (Lipinski definition) is 0. The Balaban J connectivity index is 1.78. The zero-order chi connectivity index (χ0) is 17.8. The largest absolute Gasteiger partial charge is 0.380 e. The molecule has 0 saturated carbocycles. The van der Waals surface area contributed by atoms with E-state index in [0.29, 0.717) is 24.7 Å². The summed E-state index contributed by atoms with van der Waals surface area (Å²) in [5.74, 6) is -0.0758. The SMILES string of the molecule is COCc1cccc(-c2csc(N(C)C(=O)[C@@H]3CCCN3C#N)n2)c1. The summed E-state index contributed by atoms with van der Waals surface area (Å²) in [5.41, 5.74) is 2.91. The second-order valence-corrected chi connectivity index (χ2v) is 6.83. The molecule has 1 fully saturated rings. The number of thiazole rings is 1. The highest BCUT2D eigenvalue weighted by Gasteiger charge is 2.33. The molecule has 6 nitrogen and oxygen atoms in total. The first-order chi connectivity index (χ1) is 12.1. The Hall–Kier alpha value is -2.43. The number of likely N-dealkylation sites (tertiary alicyclic amines) is 1. The summed E-state index contributed by atoms with van der Waals surface area (Å²) in [6.07, 6.45) is 3.69. The van der Waals surface area contributed by atoms with Crippen molar-refractivity contribution in [2.24, 2.45) is 0 Å². The molecule has 1 amide bonds. The highest BCUT2D eigenvalue weighted by Crippen LogP contribution is 2.29. The van der Waals surface area contributed by atoms with Crippen LogP contribution in [0.1, 0.15) is 18.4 Å². The molecule has 0 N–H and O–H groups in total. The zero-order valence-corrected chi connectivity index (χ0v) is 15.1. The van der Waals surface area contributed by atoms with Gasteiger partial charge >= 0.3 is 0 Å². The highest BCUT2D eigenvalue weighted by molar-refractivity contribution is 7.14. The van der Waals surface area contributed by atoms with E-state index >= 15 is 0 Å². The average molecular weight is 356 g/mol. The number of hydrogen-bond acceptors (Lipinski definition) is 6. The van der Waals surface area contributed by atoms with E-state index in [1.54, 1.807) is 24.0 Å². The summed E-state index contributed by atoms with van der Waals surface area (Å²) in [4.78, 5) is 20.4. The number of aromatic nitrogens is 1. The number of anilines is 1. The van der Waals surface area contributed by atoms with Crippen molar-refractivity contribution in [1.82, 2.24) is 9.88 Å². The first-order valence-electron chi connectivity index (χ1n) is 8.11. The molecule has 0 radical (unpaired) electrons. The molecule has 1 saturated heterocycles. The number of ether oxygens (including phenoxy) is 1. The smallest absolute Gasteiger partial charge is 0.251 e. The standard InChI is InChI=1S/C18H20N4O2S/c1-21(17(23)16-7-4-8-22(16)12-19)18-20-15(11-25-18)14-6-3-5-13(9-14)10-24-2/h3,5-6,9,11,16H,4,7-8,10H2,1-2H3/t16-/m0/s1. The Labute approximate surface area is 151 Å². The van der Waals surface area contributed by atoms with E-state index < -0.39 is 0 Å². The van der Waals surface area contributed by atoms with Crippen molar-refractivity contribution in [2.75, 3.05) is 25.6 Å². The minimum Gasteiger partial charge on any atom is -0.380 e. The summed E-state index contributed by atoms with van der Waals surface area (Å²) >= 11 is 1.43. The van der Waals surface area contributed by atoms with Crippen LogP contribution in [-0.2, 0) is 16.1 Å². The Morgan fingerprint density at radius 3 is 3.16 bits per heavy atom. The second kappa shape index (κ2) is 7.64. The van der Waals surface area contributed by atoms with Crippen molar-refractivity contribution in [3.63, 3.8) is 0 Å². The lowest BCUT2D eigenvalue weighted by Crippen LogP contribution is -2.42. The van der Waals surface area contributed by atoms with Crippen LogP contribution in [0.25, 0.3) is 11.3 Å². The van der Waals surface area contributed by atoms with Crippen LogP contribution in [-0.4, -0.2) is 42.5 Å². The van der Waals surface area contributed by atoms with Crippen LogP contribution >= 0.6 is 11.3 Å². The molecule has 0 unspecified atom stereocenters. The predicted molar refractivity (Wildman–Crippen MR) is 97.0 cm³/mol. The fraction of sp³-hybridized carbons (Fsp3) is 0.389. The molecule has 2 aromatic rings. The minimum atomic E-state index is -0.368. The lowest BCUT2D eigenvalue weighted by molar-refractivity contribution is -0.121. The van der Waals surface area contributed by atoms with Crippen LogP contribution in [0.5, 0.6) is 0 Å². The van der Waals surface area contributed by atoms with Crippen LogP contribution in [0, 0.1) is 11.5 Å². The molecular formula is C18H20N4O2S. The van der Waals surface area contributed by atoms with Gasteiger partial charge < -0.3 is 4.74 Å². The van der Waals surface area contributed by atoms with E-state index in [1.165, 1.54) is 11.3 Å². The van der Waals surface area contributed by atoms with Gasteiger partial charge in [-0.1, -0.05) is 18.2 Å². The number of nitriles is 1. The van der Waals surface area contributed by atoms with E-state index in [2.05, 4.69) is 11.2 Å². The van der Waals surface area contributed by atoms with Gasteiger partial charge in [0, 0.05) is 31.6 Å². The van der Waals surface area contributed by atoms with Crippen molar-refractivity contribution in [3.05, 3.63) is 35.2 Å². The lowest BCUT2D eigenvalue weighted by Gasteiger charge is -2.22. The monoisotopic (exact) mass is 356 g/mol. The quantitative estimate of drug-likeness (QED) is 0.771. The van der Waals surface area contributed by atoms with Gasteiger partial charge in [0.1, 0.15) is 6.04 Å². The molecular weight excluding hydrogens is 336 g/mol. The predicted octanol–water partition coefficient (Wildman–Crippen LogP) is 2.86. The van der Waals surface area contributed by atoms with Gasteiger partial charge in [-0.05, 0) is 24.5 Å². The number of likely N-dealkylation sites (N-methyl/N-ethyl adjacent to an activating group) is 1. The number of carbonyl (C=O) groups is 1. The fourth-order valence-corrected chi connectivity index (χ4v) is 3.80. The van der Waals surface area contributed by atoms with Crippen LogP contribution in [0.4, 0.5) is 5.13 Å². The molecule has 0 bridgehead atoms. The number of nitrogens with zero attached hydrogens (tertiary/aromatic N) is 4.